The van der Waals surface area contributed by atoms with E-state index in [4.69, 9.17) is 16.3 Å². The molecule has 0 aliphatic heterocycles. The molecule has 0 radical (unpaired) electrons. The molecule has 0 saturated carbocycles. The molecular weight excluding hydrogens is 401 g/mol. The first-order valence-electron chi connectivity index (χ1n) is 6.61. The summed E-state index contributed by atoms with van der Waals surface area (Å²) < 4.78 is 6.64. The van der Waals surface area contributed by atoms with Gasteiger partial charge in [-0.15, -0.1) is 0 Å². The van der Waals surface area contributed by atoms with Crippen LogP contribution in [0.25, 0.3) is 0 Å². The lowest BCUT2D eigenvalue weighted by Gasteiger charge is -2.15. The number of hydrogen-bond donors (Lipinski definition) is 2. The predicted molar refractivity (Wildman–Crippen MR) is 95.3 cm³/mol. The van der Waals surface area contributed by atoms with Gasteiger partial charge in [0.2, 0.25) is 0 Å². The highest BCUT2D eigenvalue weighted by Crippen LogP contribution is 2.23. The number of aliphatic hydroxyl groups excluding tert-OH is 1. The summed E-state index contributed by atoms with van der Waals surface area (Å²) in [7, 11) is 0. The first-order chi connectivity index (χ1) is 10.0. The average Bonchev–Trinajstić information content (AvgIpc) is 2.44. The van der Waals surface area contributed by atoms with E-state index in [-0.39, 0.29) is 6.61 Å². The average molecular weight is 418 g/mol. The molecule has 2 aromatic carbocycles. The first kappa shape index (κ1) is 16.4. The lowest BCUT2D eigenvalue weighted by atomic mass is 10.2. The van der Waals surface area contributed by atoms with Crippen molar-refractivity contribution in [2.24, 2.45) is 0 Å². The molecule has 0 fully saturated rings. The van der Waals surface area contributed by atoms with Crippen molar-refractivity contribution in [3.63, 3.8) is 0 Å². The van der Waals surface area contributed by atoms with Crippen LogP contribution in [-0.2, 0) is 0 Å². The van der Waals surface area contributed by atoms with Gasteiger partial charge in [-0.3, -0.25) is 0 Å². The van der Waals surface area contributed by atoms with Crippen molar-refractivity contribution < 1.29 is 9.84 Å². The molecule has 0 saturated heterocycles. The van der Waals surface area contributed by atoms with Crippen LogP contribution < -0.4 is 10.1 Å². The zero-order valence-electron chi connectivity index (χ0n) is 11.6. The van der Waals surface area contributed by atoms with E-state index >= 15 is 0 Å². The van der Waals surface area contributed by atoms with Crippen LogP contribution in [0.3, 0.4) is 0 Å². The van der Waals surface area contributed by atoms with Crippen LogP contribution >= 0.6 is 34.2 Å². The van der Waals surface area contributed by atoms with Gasteiger partial charge in [-0.2, -0.15) is 0 Å². The van der Waals surface area contributed by atoms with Crippen LogP contribution in [0, 0.1) is 10.5 Å². The minimum atomic E-state index is -0.610. The van der Waals surface area contributed by atoms with Crippen molar-refractivity contribution in [1.29, 1.82) is 0 Å². The molecule has 1 unspecified atom stereocenters. The van der Waals surface area contributed by atoms with Gasteiger partial charge in [0.25, 0.3) is 0 Å². The van der Waals surface area contributed by atoms with Gasteiger partial charge in [0.15, 0.2) is 0 Å². The molecular formula is C16H17ClINO2. The van der Waals surface area contributed by atoms with Crippen molar-refractivity contribution in [3.05, 3.63) is 56.6 Å². The first-order valence-corrected chi connectivity index (χ1v) is 8.07. The van der Waals surface area contributed by atoms with E-state index in [0.717, 1.165) is 20.6 Å². The van der Waals surface area contributed by atoms with E-state index in [9.17, 15) is 5.11 Å². The number of aliphatic hydroxyl groups is 1. The highest BCUT2D eigenvalue weighted by atomic mass is 127. The van der Waals surface area contributed by atoms with Crippen molar-refractivity contribution in [1.82, 2.24) is 0 Å². The Labute approximate surface area is 143 Å². The Bertz CT molecular complexity index is 607. The zero-order valence-corrected chi connectivity index (χ0v) is 14.6. The number of ether oxygens (including phenoxy) is 1. The van der Waals surface area contributed by atoms with Crippen LogP contribution in [0.2, 0.25) is 5.02 Å². The third-order valence-electron chi connectivity index (χ3n) is 2.89. The van der Waals surface area contributed by atoms with Gasteiger partial charge < -0.3 is 15.2 Å². The molecule has 3 nitrogen and oxygen atoms in total. The lowest BCUT2D eigenvalue weighted by molar-refractivity contribution is 0.117. The monoisotopic (exact) mass is 417 g/mol. The fraction of sp³-hybridized carbons (Fsp3) is 0.250. The smallest absolute Gasteiger partial charge is 0.119 e. The Morgan fingerprint density at radius 2 is 2.10 bits per heavy atom. The fourth-order valence-corrected chi connectivity index (χ4v) is 2.74. The summed E-state index contributed by atoms with van der Waals surface area (Å²) in [6.45, 7) is 2.62. The van der Waals surface area contributed by atoms with E-state index in [1.807, 2.05) is 49.4 Å². The van der Waals surface area contributed by atoms with Gasteiger partial charge in [0, 0.05) is 10.1 Å². The van der Waals surface area contributed by atoms with Gasteiger partial charge >= 0.3 is 0 Å². The summed E-state index contributed by atoms with van der Waals surface area (Å²) in [5.74, 6) is 0.765. The van der Waals surface area contributed by atoms with Crippen molar-refractivity contribution in [2.45, 2.75) is 13.0 Å². The number of rotatable bonds is 6. The molecule has 2 rings (SSSR count). The lowest BCUT2D eigenvalue weighted by Crippen LogP contribution is -2.26. The van der Waals surface area contributed by atoms with Crippen LogP contribution in [0.15, 0.2) is 42.5 Å². The summed E-state index contributed by atoms with van der Waals surface area (Å²) in [5, 5.41) is 13.7. The largest absolute Gasteiger partial charge is 0.491 e. The van der Waals surface area contributed by atoms with Crippen LogP contribution in [0.1, 0.15) is 5.56 Å². The summed E-state index contributed by atoms with van der Waals surface area (Å²) >= 11 is 8.33. The Morgan fingerprint density at radius 3 is 2.81 bits per heavy atom. The second kappa shape index (κ2) is 7.87. The predicted octanol–water partition coefficient (Wildman–Crippen LogP) is 4.10. The molecule has 0 amide bonds. The molecule has 0 aliphatic carbocycles. The molecule has 0 aromatic heterocycles. The highest BCUT2D eigenvalue weighted by molar-refractivity contribution is 14.1. The molecule has 2 N–H and O–H groups in total. The molecule has 0 spiro atoms. The number of halogens is 2. The Kier molecular flexibility index (Phi) is 6.14. The highest BCUT2D eigenvalue weighted by Gasteiger charge is 2.07. The maximum absolute atomic E-state index is 9.95. The molecule has 112 valence electrons. The second-order valence-electron chi connectivity index (χ2n) is 4.79. The maximum atomic E-state index is 9.95. The summed E-state index contributed by atoms with van der Waals surface area (Å²) in [6, 6.07) is 13.5. The standard InChI is InChI=1S/C16H17ClINO2/c1-11-3-2-4-14(7-11)21-10-13(20)9-19-16-6-5-12(18)8-15(16)17/h2-8,13,19-20H,9-10H2,1H3. The summed E-state index contributed by atoms with van der Waals surface area (Å²) in [5.41, 5.74) is 1.94. The third kappa shape index (κ3) is 5.37. The zero-order chi connectivity index (χ0) is 15.2. The van der Waals surface area contributed by atoms with Crippen LogP contribution in [-0.4, -0.2) is 24.4 Å². The Balaban J connectivity index is 1.80. The number of nitrogens with one attached hydrogen (secondary N) is 1. The molecule has 2 aromatic rings. The van der Waals surface area contributed by atoms with Crippen molar-refractivity contribution in [2.75, 3.05) is 18.5 Å². The van der Waals surface area contributed by atoms with Crippen molar-refractivity contribution in [3.8, 4) is 5.75 Å². The topological polar surface area (TPSA) is 41.5 Å². The Hall–Kier alpha value is -0.980. The number of benzene rings is 2. The SMILES string of the molecule is Cc1cccc(OCC(O)CNc2ccc(I)cc2Cl)c1. The van der Waals surface area contributed by atoms with Gasteiger partial charge in [0.1, 0.15) is 18.5 Å². The second-order valence-corrected chi connectivity index (χ2v) is 6.44. The normalized spacial score (nSPS) is 12.0. The quantitative estimate of drug-likeness (QED) is 0.695. The van der Waals surface area contributed by atoms with Gasteiger partial charge in [-0.05, 0) is 65.4 Å². The molecule has 0 heterocycles. The molecule has 0 bridgehead atoms. The minimum Gasteiger partial charge on any atom is -0.491 e. The molecule has 1 atom stereocenters. The van der Waals surface area contributed by atoms with E-state index in [1.54, 1.807) is 0 Å². The number of anilines is 1. The fourth-order valence-electron chi connectivity index (χ4n) is 1.82. The number of aryl methyl sites for hydroxylation is 1. The maximum Gasteiger partial charge on any atom is 0.119 e. The Morgan fingerprint density at radius 1 is 1.29 bits per heavy atom. The van der Waals surface area contributed by atoms with E-state index in [1.165, 1.54) is 0 Å². The molecule has 5 heteroatoms. The van der Waals surface area contributed by atoms with Gasteiger partial charge in [0.05, 0.1) is 10.7 Å². The number of hydrogen-bond acceptors (Lipinski definition) is 3. The van der Waals surface area contributed by atoms with Gasteiger partial charge in [-0.25, -0.2) is 0 Å². The third-order valence-corrected chi connectivity index (χ3v) is 3.87. The summed E-state index contributed by atoms with van der Waals surface area (Å²) in [6.07, 6.45) is -0.610. The van der Waals surface area contributed by atoms with Crippen LogP contribution in [0.5, 0.6) is 5.75 Å². The summed E-state index contributed by atoms with van der Waals surface area (Å²) in [4.78, 5) is 0. The van der Waals surface area contributed by atoms with E-state index < -0.39 is 6.10 Å². The van der Waals surface area contributed by atoms with Crippen LogP contribution in [0.4, 0.5) is 5.69 Å². The molecule has 21 heavy (non-hydrogen) atoms. The molecule has 0 aliphatic rings. The van der Waals surface area contributed by atoms with E-state index in [2.05, 4.69) is 27.9 Å². The van der Waals surface area contributed by atoms with E-state index in [0.29, 0.717) is 11.6 Å². The van der Waals surface area contributed by atoms with Gasteiger partial charge in [-0.1, -0.05) is 23.7 Å². The minimum absolute atomic E-state index is 0.235. The van der Waals surface area contributed by atoms with Crippen molar-refractivity contribution >= 4 is 39.9 Å².